The average molecular weight is 344 g/mol. The monoisotopic (exact) mass is 343 g/mol. The highest BCUT2D eigenvalue weighted by molar-refractivity contribution is 7.89. The smallest absolute Gasteiger partial charge is 0.235 e. The highest BCUT2D eigenvalue weighted by Gasteiger charge is 2.22. The first-order valence-electron chi connectivity index (χ1n) is 7.02. The molecule has 0 bridgehead atoms. The third kappa shape index (κ3) is 8.57. The van der Waals surface area contributed by atoms with Gasteiger partial charge in [-0.15, -0.1) is 12.4 Å². The number of amides is 1. The summed E-state index contributed by atoms with van der Waals surface area (Å²) in [6.07, 6.45) is 1.92. The molecule has 0 saturated carbocycles. The van der Waals surface area contributed by atoms with Gasteiger partial charge in [-0.1, -0.05) is 0 Å². The maximum atomic E-state index is 11.7. The minimum absolute atomic E-state index is 0. The Morgan fingerprint density at radius 3 is 2.76 bits per heavy atom. The molecule has 1 aliphatic heterocycles. The van der Waals surface area contributed by atoms with Crippen molar-refractivity contribution < 1.29 is 17.9 Å². The number of sulfonamides is 1. The van der Waals surface area contributed by atoms with Gasteiger partial charge in [0.15, 0.2) is 0 Å². The molecule has 1 heterocycles. The Balaban J connectivity index is 0.00000400. The molecule has 2 atom stereocenters. The van der Waals surface area contributed by atoms with Gasteiger partial charge in [-0.3, -0.25) is 4.79 Å². The van der Waals surface area contributed by atoms with Gasteiger partial charge in [0.2, 0.25) is 15.9 Å². The molecule has 1 saturated heterocycles. The quantitative estimate of drug-likeness (QED) is 0.522. The summed E-state index contributed by atoms with van der Waals surface area (Å²) in [6, 6.07) is 0.270. The van der Waals surface area contributed by atoms with E-state index in [1.807, 2.05) is 6.92 Å². The lowest BCUT2D eigenvalue weighted by atomic mass is 10.00. The van der Waals surface area contributed by atoms with Crippen molar-refractivity contribution in [2.75, 3.05) is 32.1 Å². The third-order valence-corrected chi connectivity index (χ3v) is 4.55. The van der Waals surface area contributed by atoms with Gasteiger partial charge in [-0.05, 0) is 33.2 Å². The molecule has 3 N–H and O–H groups in total. The fraction of sp³-hybridized carbons (Fsp3) is 0.917. The molecule has 0 aromatic carbocycles. The maximum absolute atomic E-state index is 11.7. The van der Waals surface area contributed by atoms with E-state index in [2.05, 4.69) is 15.4 Å². The Morgan fingerprint density at radius 1 is 1.43 bits per heavy atom. The summed E-state index contributed by atoms with van der Waals surface area (Å²) < 4.78 is 30.4. The molecule has 9 heteroatoms. The Morgan fingerprint density at radius 2 is 2.14 bits per heavy atom. The molecule has 1 amide bonds. The first-order valence-corrected chi connectivity index (χ1v) is 8.67. The van der Waals surface area contributed by atoms with Gasteiger partial charge in [-0.25, -0.2) is 13.1 Å². The molecule has 0 aromatic rings. The summed E-state index contributed by atoms with van der Waals surface area (Å²) >= 11 is 0. The van der Waals surface area contributed by atoms with E-state index in [-0.39, 0.29) is 49.3 Å². The van der Waals surface area contributed by atoms with E-state index in [9.17, 15) is 13.2 Å². The van der Waals surface area contributed by atoms with Gasteiger partial charge in [0.25, 0.3) is 0 Å². The lowest BCUT2D eigenvalue weighted by molar-refractivity contribution is -0.121. The lowest BCUT2D eigenvalue weighted by Crippen LogP contribution is -2.53. The lowest BCUT2D eigenvalue weighted by Gasteiger charge is -2.30. The van der Waals surface area contributed by atoms with Crippen molar-refractivity contribution in [3.8, 4) is 0 Å². The SMILES string of the molecule is CCOCCS(=O)(=O)NCC(=O)NC1CCCNC1C.Cl. The van der Waals surface area contributed by atoms with E-state index < -0.39 is 10.0 Å². The fourth-order valence-electron chi connectivity index (χ4n) is 2.06. The van der Waals surface area contributed by atoms with Crippen LogP contribution in [0.15, 0.2) is 0 Å². The van der Waals surface area contributed by atoms with Crippen LogP contribution in [0.25, 0.3) is 0 Å². The number of ether oxygens (including phenoxy) is 1. The number of carbonyl (C=O) groups excluding carboxylic acids is 1. The Bertz CT molecular complexity index is 405. The van der Waals surface area contributed by atoms with E-state index in [4.69, 9.17) is 4.74 Å². The standard InChI is InChI=1S/C12H25N3O4S.ClH/c1-3-19-7-8-20(17,18)14-9-12(16)15-11-5-4-6-13-10(11)2;/h10-11,13-14H,3-9H2,1-2H3,(H,15,16);1H. The van der Waals surface area contributed by atoms with E-state index in [1.54, 1.807) is 6.92 Å². The zero-order valence-electron chi connectivity index (χ0n) is 12.6. The van der Waals surface area contributed by atoms with Crippen LogP contribution in [0.3, 0.4) is 0 Å². The Kier molecular flexibility index (Phi) is 10.1. The van der Waals surface area contributed by atoms with Crippen LogP contribution < -0.4 is 15.4 Å². The van der Waals surface area contributed by atoms with E-state index >= 15 is 0 Å². The number of hydrogen-bond donors (Lipinski definition) is 3. The molecule has 21 heavy (non-hydrogen) atoms. The van der Waals surface area contributed by atoms with Gasteiger partial charge in [0.05, 0.1) is 18.9 Å². The minimum Gasteiger partial charge on any atom is -0.381 e. The van der Waals surface area contributed by atoms with Crippen molar-refractivity contribution in [3.05, 3.63) is 0 Å². The summed E-state index contributed by atoms with van der Waals surface area (Å²) in [5, 5.41) is 6.12. The highest BCUT2D eigenvalue weighted by atomic mass is 35.5. The van der Waals surface area contributed by atoms with Crippen LogP contribution >= 0.6 is 12.4 Å². The number of hydrogen-bond acceptors (Lipinski definition) is 5. The molecule has 0 spiro atoms. The number of halogens is 1. The Labute approximate surface area is 133 Å². The molecule has 1 aliphatic rings. The molecule has 0 radical (unpaired) electrons. The van der Waals surface area contributed by atoms with Crippen LogP contribution in [0.1, 0.15) is 26.7 Å². The third-order valence-electron chi connectivity index (χ3n) is 3.26. The van der Waals surface area contributed by atoms with Crippen LogP contribution in [0.5, 0.6) is 0 Å². The molecule has 0 aliphatic carbocycles. The first-order chi connectivity index (χ1) is 9.44. The fourth-order valence-corrected chi connectivity index (χ4v) is 2.89. The van der Waals surface area contributed by atoms with Crippen LogP contribution in [-0.4, -0.2) is 58.5 Å². The highest BCUT2D eigenvalue weighted by Crippen LogP contribution is 2.07. The second-order valence-electron chi connectivity index (χ2n) is 4.90. The van der Waals surface area contributed by atoms with Gasteiger partial charge in [0.1, 0.15) is 0 Å². The second kappa shape index (κ2) is 10.3. The number of carbonyl (C=O) groups is 1. The van der Waals surface area contributed by atoms with Gasteiger partial charge >= 0.3 is 0 Å². The summed E-state index contributed by atoms with van der Waals surface area (Å²) in [4.78, 5) is 11.7. The summed E-state index contributed by atoms with van der Waals surface area (Å²) in [5.41, 5.74) is 0. The molecular formula is C12H26ClN3O4S. The summed E-state index contributed by atoms with van der Waals surface area (Å²) in [5.74, 6) is -0.430. The predicted octanol–water partition coefficient (Wildman–Crippen LogP) is -0.379. The van der Waals surface area contributed by atoms with Crippen molar-refractivity contribution in [3.63, 3.8) is 0 Å². The molecule has 0 aromatic heterocycles. The van der Waals surface area contributed by atoms with Crippen LogP contribution in [0, 0.1) is 0 Å². The van der Waals surface area contributed by atoms with Crippen molar-refractivity contribution in [1.82, 2.24) is 15.4 Å². The van der Waals surface area contributed by atoms with Crippen LogP contribution in [0.2, 0.25) is 0 Å². The molecule has 1 rings (SSSR count). The van der Waals surface area contributed by atoms with Gasteiger partial charge in [0, 0.05) is 18.7 Å². The topological polar surface area (TPSA) is 96.5 Å². The number of rotatable bonds is 8. The van der Waals surface area contributed by atoms with Crippen molar-refractivity contribution in [2.45, 2.75) is 38.8 Å². The van der Waals surface area contributed by atoms with Crippen molar-refractivity contribution >= 4 is 28.3 Å². The Hall–Kier alpha value is -0.410. The van der Waals surface area contributed by atoms with Crippen molar-refractivity contribution in [1.29, 1.82) is 0 Å². The van der Waals surface area contributed by atoms with Crippen molar-refractivity contribution in [2.24, 2.45) is 0 Å². The van der Waals surface area contributed by atoms with Crippen LogP contribution in [0.4, 0.5) is 0 Å². The molecular weight excluding hydrogens is 318 g/mol. The first kappa shape index (κ1) is 20.6. The van der Waals surface area contributed by atoms with E-state index in [0.29, 0.717) is 6.61 Å². The van der Waals surface area contributed by atoms with E-state index in [0.717, 1.165) is 19.4 Å². The molecule has 7 nitrogen and oxygen atoms in total. The largest absolute Gasteiger partial charge is 0.381 e. The normalized spacial score (nSPS) is 22.4. The second-order valence-corrected chi connectivity index (χ2v) is 6.82. The predicted molar refractivity (Wildman–Crippen MR) is 84.2 cm³/mol. The molecule has 1 fully saturated rings. The van der Waals surface area contributed by atoms with E-state index in [1.165, 1.54) is 0 Å². The number of nitrogens with one attached hydrogen (secondary N) is 3. The van der Waals surface area contributed by atoms with Gasteiger partial charge < -0.3 is 15.4 Å². The zero-order valence-corrected chi connectivity index (χ0v) is 14.2. The average Bonchev–Trinajstić information content (AvgIpc) is 2.40. The minimum atomic E-state index is -3.45. The zero-order chi connectivity index (χ0) is 15.0. The number of piperidine rings is 1. The maximum Gasteiger partial charge on any atom is 0.235 e. The summed E-state index contributed by atoms with van der Waals surface area (Å²) in [6.45, 7) is 5.15. The van der Waals surface area contributed by atoms with Crippen LogP contribution in [-0.2, 0) is 19.6 Å². The summed E-state index contributed by atoms with van der Waals surface area (Å²) in [7, 11) is -3.45. The molecule has 2 unspecified atom stereocenters. The van der Waals surface area contributed by atoms with Gasteiger partial charge in [-0.2, -0.15) is 0 Å². The molecule has 126 valence electrons.